The zero-order valence-electron chi connectivity index (χ0n) is 8.52. The number of nitrogens with zero attached hydrogens (tertiary/aromatic N) is 1. The fraction of sp³-hybridized carbons (Fsp3) is 1.00. The second kappa shape index (κ2) is 7.94. The molecule has 3 heteroatoms. The van der Waals surface area contributed by atoms with Crippen molar-refractivity contribution in [2.75, 3.05) is 19.8 Å². The maximum Gasteiger partial charge on any atom is 0.153 e. The van der Waals surface area contributed by atoms with Crippen molar-refractivity contribution in [2.24, 2.45) is 0 Å². The average Bonchev–Trinajstić information content (AvgIpc) is 2.04. The first-order valence-corrected chi connectivity index (χ1v) is 6.50. The quantitative estimate of drug-likeness (QED) is 0.556. The minimum absolute atomic E-state index is 0.940. The van der Waals surface area contributed by atoms with Gasteiger partial charge in [0.1, 0.15) is 0 Å². The molecule has 0 saturated heterocycles. The molecule has 0 radical (unpaired) electrons. The van der Waals surface area contributed by atoms with E-state index in [2.05, 4.69) is 13.8 Å². The summed E-state index contributed by atoms with van der Waals surface area (Å²) in [5.74, 6) is 0. The Labute approximate surface area is 77.3 Å². The molecule has 0 bridgehead atoms. The van der Waals surface area contributed by atoms with E-state index in [1.54, 1.807) is 6.66 Å². The molecule has 0 N–H and O–H groups in total. The van der Waals surface area contributed by atoms with Gasteiger partial charge in [0.25, 0.3) is 0 Å². The van der Waals surface area contributed by atoms with Crippen molar-refractivity contribution < 1.29 is 4.20 Å². The second-order valence-electron chi connectivity index (χ2n) is 3.11. The summed E-state index contributed by atoms with van der Waals surface area (Å²) in [7, 11) is -1.35. The highest BCUT2D eigenvalue weighted by Crippen LogP contribution is 2.37. The van der Waals surface area contributed by atoms with E-state index in [1.165, 1.54) is 0 Å². The van der Waals surface area contributed by atoms with Gasteiger partial charge in [0, 0.05) is 13.1 Å². The average molecular weight is 193 g/mol. The van der Waals surface area contributed by atoms with Crippen LogP contribution in [0.4, 0.5) is 4.20 Å². The van der Waals surface area contributed by atoms with Gasteiger partial charge in [0.05, 0.1) is 0 Å². The molecule has 0 aliphatic heterocycles. The molecule has 0 rings (SSSR count). The Hall–Kier alpha value is 0.320. The summed E-state index contributed by atoms with van der Waals surface area (Å²) < 4.78 is 15.0. The van der Waals surface area contributed by atoms with Gasteiger partial charge in [-0.2, -0.15) is 0 Å². The third kappa shape index (κ3) is 5.91. The van der Waals surface area contributed by atoms with Crippen LogP contribution >= 0.6 is 8.38 Å². The van der Waals surface area contributed by atoms with Gasteiger partial charge < -0.3 is 0 Å². The molecule has 0 saturated carbocycles. The first-order valence-electron chi connectivity index (χ1n) is 4.86. The van der Waals surface area contributed by atoms with Crippen molar-refractivity contribution in [3.63, 3.8) is 0 Å². The molecule has 1 nitrogen and oxygen atoms in total. The molecule has 0 spiro atoms. The molecule has 1 unspecified atom stereocenters. The SMILES string of the molecule is CCCCN(CCCC)P(C)F. The van der Waals surface area contributed by atoms with Crippen LogP contribution in [0.3, 0.4) is 0 Å². The van der Waals surface area contributed by atoms with E-state index >= 15 is 0 Å². The van der Waals surface area contributed by atoms with Gasteiger partial charge in [-0.25, -0.2) is 4.20 Å². The first kappa shape index (κ1) is 12.3. The Morgan fingerprint density at radius 3 is 1.75 bits per heavy atom. The molecular formula is C9H21FNP. The molecule has 0 aliphatic rings. The summed E-state index contributed by atoms with van der Waals surface area (Å²) in [6.45, 7) is 7.87. The summed E-state index contributed by atoms with van der Waals surface area (Å²) in [6.07, 6.45) is 4.57. The van der Waals surface area contributed by atoms with Gasteiger partial charge in [0.15, 0.2) is 8.38 Å². The summed E-state index contributed by atoms with van der Waals surface area (Å²) in [4.78, 5) is 0. The predicted octanol–water partition coefficient (Wildman–Crippen LogP) is 3.80. The van der Waals surface area contributed by atoms with Crippen LogP contribution in [0.1, 0.15) is 39.5 Å². The van der Waals surface area contributed by atoms with Crippen LogP contribution in [-0.2, 0) is 0 Å². The minimum Gasteiger partial charge on any atom is -0.256 e. The van der Waals surface area contributed by atoms with Crippen molar-refractivity contribution >= 4 is 8.38 Å². The van der Waals surface area contributed by atoms with E-state index in [4.69, 9.17) is 0 Å². The number of rotatable bonds is 7. The highest BCUT2D eigenvalue weighted by molar-refractivity contribution is 7.48. The molecule has 1 atom stereocenters. The molecule has 12 heavy (non-hydrogen) atoms. The zero-order chi connectivity index (χ0) is 9.40. The number of hydrogen-bond donors (Lipinski definition) is 0. The lowest BCUT2D eigenvalue weighted by Gasteiger charge is -2.22. The zero-order valence-corrected chi connectivity index (χ0v) is 9.41. The van der Waals surface area contributed by atoms with Crippen LogP contribution in [0.25, 0.3) is 0 Å². The van der Waals surface area contributed by atoms with Gasteiger partial charge in [-0.05, 0) is 19.5 Å². The summed E-state index contributed by atoms with van der Waals surface area (Å²) in [6, 6.07) is 0. The van der Waals surface area contributed by atoms with E-state index in [9.17, 15) is 4.20 Å². The summed E-state index contributed by atoms with van der Waals surface area (Å²) in [5.41, 5.74) is 0. The van der Waals surface area contributed by atoms with Crippen LogP contribution in [-0.4, -0.2) is 24.4 Å². The van der Waals surface area contributed by atoms with Gasteiger partial charge in [0.2, 0.25) is 0 Å². The Morgan fingerprint density at radius 2 is 1.50 bits per heavy atom. The largest absolute Gasteiger partial charge is 0.256 e. The first-order chi connectivity index (χ1) is 5.72. The molecule has 0 aromatic rings. The van der Waals surface area contributed by atoms with Crippen LogP contribution in [0.5, 0.6) is 0 Å². The van der Waals surface area contributed by atoms with E-state index in [0.717, 1.165) is 38.8 Å². The Morgan fingerprint density at radius 1 is 1.08 bits per heavy atom. The smallest absolute Gasteiger partial charge is 0.153 e. The minimum atomic E-state index is -1.35. The maximum atomic E-state index is 13.0. The Balaban J connectivity index is 3.55. The summed E-state index contributed by atoms with van der Waals surface area (Å²) in [5, 5.41) is 0. The number of hydrogen-bond acceptors (Lipinski definition) is 1. The van der Waals surface area contributed by atoms with E-state index in [-0.39, 0.29) is 0 Å². The van der Waals surface area contributed by atoms with Gasteiger partial charge in [-0.3, -0.25) is 4.67 Å². The van der Waals surface area contributed by atoms with Crippen LogP contribution in [0.15, 0.2) is 0 Å². The number of halogens is 1. The van der Waals surface area contributed by atoms with Crippen LogP contribution in [0, 0.1) is 0 Å². The van der Waals surface area contributed by atoms with Crippen molar-refractivity contribution in [1.29, 1.82) is 0 Å². The van der Waals surface area contributed by atoms with E-state index in [1.807, 2.05) is 4.67 Å². The maximum absolute atomic E-state index is 13.0. The molecule has 0 fully saturated rings. The van der Waals surface area contributed by atoms with Crippen LogP contribution < -0.4 is 0 Å². The fourth-order valence-corrected chi connectivity index (χ4v) is 1.90. The molecule has 74 valence electrons. The fourth-order valence-electron chi connectivity index (χ4n) is 1.07. The number of unbranched alkanes of at least 4 members (excludes halogenated alkanes) is 2. The van der Waals surface area contributed by atoms with Crippen molar-refractivity contribution in [2.45, 2.75) is 39.5 Å². The van der Waals surface area contributed by atoms with Crippen molar-refractivity contribution in [3.05, 3.63) is 0 Å². The molecular weight excluding hydrogens is 172 g/mol. The van der Waals surface area contributed by atoms with Gasteiger partial charge in [-0.15, -0.1) is 0 Å². The Bertz CT molecular complexity index is 90.5. The highest BCUT2D eigenvalue weighted by Gasteiger charge is 2.10. The second-order valence-corrected chi connectivity index (χ2v) is 4.56. The molecule has 0 heterocycles. The van der Waals surface area contributed by atoms with Crippen LogP contribution in [0.2, 0.25) is 0 Å². The lowest BCUT2D eigenvalue weighted by molar-refractivity contribution is 0.416. The topological polar surface area (TPSA) is 3.24 Å². The van der Waals surface area contributed by atoms with Gasteiger partial charge >= 0.3 is 0 Å². The monoisotopic (exact) mass is 193 g/mol. The molecule has 0 aromatic carbocycles. The normalized spacial score (nSPS) is 13.8. The van der Waals surface area contributed by atoms with E-state index < -0.39 is 8.38 Å². The Kier molecular flexibility index (Phi) is 8.15. The van der Waals surface area contributed by atoms with Gasteiger partial charge in [-0.1, -0.05) is 26.7 Å². The lowest BCUT2D eigenvalue weighted by atomic mass is 10.3. The predicted molar refractivity (Wildman–Crippen MR) is 55.3 cm³/mol. The third-order valence-electron chi connectivity index (χ3n) is 1.93. The standard InChI is InChI=1S/C9H21FNP/c1-4-6-8-11(12(3)10)9-7-5-2/h4-9H2,1-3H3. The molecule has 0 amide bonds. The van der Waals surface area contributed by atoms with Crippen molar-refractivity contribution in [3.8, 4) is 0 Å². The van der Waals surface area contributed by atoms with E-state index in [0.29, 0.717) is 0 Å². The van der Waals surface area contributed by atoms with Crippen molar-refractivity contribution in [1.82, 2.24) is 4.67 Å². The highest BCUT2D eigenvalue weighted by atomic mass is 31.2. The molecule has 0 aliphatic carbocycles. The third-order valence-corrected chi connectivity index (χ3v) is 3.11. The molecule has 0 aromatic heterocycles. The summed E-state index contributed by atoms with van der Waals surface area (Å²) >= 11 is 0. The lowest BCUT2D eigenvalue weighted by Crippen LogP contribution is -2.18.